The van der Waals surface area contributed by atoms with Crippen molar-refractivity contribution in [1.29, 1.82) is 0 Å². The molecular formula is C21H25ClN2O2S. The van der Waals surface area contributed by atoms with Crippen molar-refractivity contribution in [3.05, 3.63) is 59.1 Å². The highest BCUT2D eigenvalue weighted by atomic mass is 35.5. The Morgan fingerprint density at radius 2 is 1.96 bits per heavy atom. The van der Waals surface area contributed by atoms with E-state index in [2.05, 4.69) is 10.2 Å². The van der Waals surface area contributed by atoms with Gasteiger partial charge in [0.15, 0.2) is 5.11 Å². The van der Waals surface area contributed by atoms with Crippen molar-refractivity contribution in [1.82, 2.24) is 4.90 Å². The summed E-state index contributed by atoms with van der Waals surface area (Å²) >= 11 is 11.7. The van der Waals surface area contributed by atoms with E-state index in [1.54, 1.807) is 0 Å². The second-order valence-corrected chi connectivity index (χ2v) is 7.35. The van der Waals surface area contributed by atoms with Crippen LogP contribution in [0.25, 0.3) is 0 Å². The Morgan fingerprint density at radius 3 is 2.59 bits per heavy atom. The van der Waals surface area contributed by atoms with Gasteiger partial charge in [-0.25, -0.2) is 0 Å². The molecule has 1 atom stereocenters. The lowest BCUT2D eigenvalue weighted by Crippen LogP contribution is -2.39. The van der Waals surface area contributed by atoms with Crippen LogP contribution in [0.15, 0.2) is 48.5 Å². The molecule has 0 saturated carbocycles. The zero-order chi connectivity index (χ0) is 19.1. The smallest absolute Gasteiger partial charge is 0.173 e. The zero-order valence-electron chi connectivity index (χ0n) is 15.5. The van der Waals surface area contributed by atoms with E-state index < -0.39 is 0 Å². The van der Waals surface area contributed by atoms with Crippen molar-refractivity contribution < 1.29 is 9.47 Å². The van der Waals surface area contributed by atoms with E-state index in [0.29, 0.717) is 18.3 Å². The minimum atomic E-state index is 0.220. The number of rotatable bonds is 7. The fourth-order valence-corrected chi connectivity index (χ4v) is 3.45. The molecule has 1 N–H and O–H groups in total. The quantitative estimate of drug-likeness (QED) is 0.648. The molecule has 1 fully saturated rings. The normalized spacial score (nSPS) is 16.1. The fourth-order valence-electron chi connectivity index (χ4n) is 3.07. The first-order chi connectivity index (χ1) is 13.1. The molecule has 1 heterocycles. The molecule has 0 aromatic heterocycles. The lowest BCUT2D eigenvalue weighted by molar-refractivity contribution is 0.0905. The van der Waals surface area contributed by atoms with Gasteiger partial charge in [0, 0.05) is 30.4 Å². The molecule has 0 amide bonds. The summed E-state index contributed by atoms with van der Waals surface area (Å²) in [7, 11) is 0. The van der Waals surface area contributed by atoms with Gasteiger partial charge in [-0.05, 0) is 73.9 Å². The predicted molar refractivity (Wildman–Crippen MR) is 115 cm³/mol. The molecule has 1 aliphatic heterocycles. The summed E-state index contributed by atoms with van der Waals surface area (Å²) in [4.78, 5) is 2.16. The number of nitrogens with zero attached hydrogens (tertiary/aromatic N) is 1. The van der Waals surface area contributed by atoms with Gasteiger partial charge >= 0.3 is 0 Å². The van der Waals surface area contributed by atoms with Crippen LogP contribution in [0.2, 0.25) is 5.02 Å². The number of benzene rings is 2. The van der Waals surface area contributed by atoms with Crippen molar-refractivity contribution in [3.8, 4) is 5.75 Å². The predicted octanol–water partition coefficient (Wildman–Crippen LogP) is 5.12. The Morgan fingerprint density at radius 1 is 1.22 bits per heavy atom. The second-order valence-electron chi connectivity index (χ2n) is 6.53. The Balaban J connectivity index is 1.67. The van der Waals surface area contributed by atoms with Gasteiger partial charge in [0.05, 0.1) is 12.7 Å². The van der Waals surface area contributed by atoms with Crippen LogP contribution in [-0.4, -0.2) is 35.9 Å². The highest BCUT2D eigenvalue weighted by Crippen LogP contribution is 2.19. The molecule has 0 spiro atoms. The third-order valence-corrected chi connectivity index (χ3v) is 5.05. The molecule has 3 rings (SSSR count). The molecule has 6 heteroatoms. The largest absolute Gasteiger partial charge is 0.494 e. The lowest BCUT2D eigenvalue weighted by Gasteiger charge is -2.28. The first kappa shape index (κ1) is 19.9. The van der Waals surface area contributed by atoms with E-state index in [-0.39, 0.29) is 6.10 Å². The molecular weight excluding hydrogens is 380 g/mol. The van der Waals surface area contributed by atoms with Crippen LogP contribution in [0, 0.1) is 0 Å². The molecule has 0 aliphatic carbocycles. The van der Waals surface area contributed by atoms with Crippen LogP contribution in [0.3, 0.4) is 0 Å². The Bertz CT molecular complexity index is 731. The van der Waals surface area contributed by atoms with Gasteiger partial charge in [-0.1, -0.05) is 23.7 Å². The van der Waals surface area contributed by atoms with E-state index in [1.165, 1.54) is 0 Å². The maximum Gasteiger partial charge on any atom is 0.173 e. The third-order valence-electron chi connectivity index (χ3n) is 4.44. The number of hydrogen-bond donors (Lipinski definition) is 1. The van der Waals surface area contributed by atoms with E-state index in [9.17, 15) is 0 Å². The van der Waals surface area contributed by atoms with Crippen molar-refractivity contribution in [2.24, 2.45) is 0 Å². The van der Waals surface area contributed by atoms with Crippen molar-refractivity contribution in [2.75, 3.05) is 25.1 Å². The molecule has 0 bridgehead atoms. The summed E-state index contributed by atoms with van der Waals surface area (Å²) in [5.74, 6) is 0.853. The Hall–Kier alpha value is -1.82. The van der Waals surface area contributed by atoms with E-state index in [4.69, 9.17) is 33.3 Å². The number of halogens is 1. The number of ether oxygens (including phenoxy) is 2. The number of hydrogen-bond acceptors (Lipinski definition) is 3. The van der Waals surface area contributed by atoms with Crippen molar-refractivity contribution in [3.63, 3.8) is 0 Å². The molecule has 0 radical (unpaired) electrons. The van der Waals surface area contributed by atoms with Gasteiger partial charge in [-0.15, -0.1) is 0 Å². The molecule has 2 aromatic carbocycles. The van der Waals surface area contributed by atoms with Crippen LogP contribution in [0.5, 0.6) is 5.75 Å². The SMILES string of the molecule is CCOc1ccc(NC(=S)N(Cc2ccc(Cl)cc2)CC2CCCO2)cc1. The Labute approximate surface area is 171 Å². The summed E-state index contributed by atoms with van der Waals surface area (Å²) in [5.41, 5.74) is 2.10. The van der Waals surface area contributed by atoms with Gasteiger partial charge in [-0.2, -0.15) is 0 Å². The average Bonchev–Trinajstić information content (AvgIpc) is 3.18. The highest BCUT2D eigenvalue weighted by molar-refractivity contribution is 7.80. The van der Waals surface area contributed by atoms with Gasteiger partial charge in [-0.3, -0.25) is 0 Å². The van der Waals surface area contributed by atoms with Gasteiger partial charge in [0.1, 0.15) is 5.75 Å². The Kier molecular flexibility index (Phi) is 7.33. The van der Waals surface area contributed by atoms with E-state index in [1.807, 2.05) is 55.5 Å². The average molecular weight is 405 g/mol. The van der Waals surface area contributed by atoms with Gasteiger partial charge in [0.25, 0.3) is 0 Å². The zero-order valence-corrected chi connectivity index (χ0v) is 17.1. The molecule has 144 valence electrons. The van der Waals surface area contributed by atoms with Crippen LogP contribution >= 0.6 is 23.8 Å². The first-order valence-electron chi connectivity index (χ1n) is 9.29. The van der Waals surface area contributed by atoms with Crippen molar-refractivity contribution >= 4 is 34.6 Å². The standard InChI is InChI=1S/C21H25ClN2O2S/c1-2-25-19-11-9-18(10-12-19)23-21(27)24(15-20-4-3-13-26-20)14-16-5-7-17(22)8-6-16/h5-12,20H,2-4,13-15H2,1H3,(H,23,27). The van der Waals surface area contributed by atoms with Crippen molar-refractivity contribution in [2.45, 2.75) is 32.4 Å². The third kappa shape index (κ3) is 6.09. The first-order valence-corrected chi connectivity index (χ1v) is 10.1. The topological polar surface area (TPSA) is 33.7 Å². The highest BCUT2D eigenvalue weighted by Gasteiger charge is 2.21. The minimum absolute atomic E-state index is 0.220. The fraction of sp³-hybridized carbons (Fsp3) is 0.381. The molecule has 4 nitrogen and oxygen atoms in total. The molecule has 27 heavy (non-hydrogen) atoms. The van der Waals surface area contributed by atoms with Crippen LogP contribution in [0.1, 0.15) is 25.3 Å². The van der Waals surface area contributed by atoms with Gasteiger partial charge in [0.2, 0.25) is 0 Å². The summed E-state index contributed by atoms with van der Waals surface area (Å²) in [5, 5.41) is 4.76. The van der Waals surface area contributed by atoms with E-state index >= 15 is 0 Å². The van der Waals surface area contributed by atoms with Crippen LogP contribution in [-0.2, 0) is 11.3 Å². The van der Waals surface area contributed by atoms with Gasteiger partial charge < -0.3 is 19.7 Å². The number of nitrogens with one attached hydrogen (secondary N) is 1. The molecule has 1 unspecified atom stereocenters. The minimum Gasteiger partial charge on any atom is -0.494 e. The summed E-state index contributed by atoms with van der Waals surface area (Å²) in [6, 6.07) is 15.7. The second kappa shape index (κ2) is 9.93. The molecule has 2 aromatic rings. The number of thiocarbonyl (C=S) groups is 1. The molecule has 1 aliphatic rings. The maximum absolute atomic E-state index is 6.01. The van der Waals surface area contributed by atoms with E-state index in [0.717, 1.165) is 48.0 Å². The summed E-state index contributed by atoms with van der Waals surface area (Å²) < 4.78 is 11.3. The lowest BCUT2D eigenvalue weighted by atomic mass is 10.2. The summed E-state index contributed by atoms with van der Waals surface area (Å²) in [6.45, 7) is 4.94. The number of anilines is 1. The molecule has 1 saturated heterocycles. The maximum atomic E-state index is 6.01. The summed E-state index contributed by atoms with van der Waals surface area (Å²) in [6.07, 6.45) is 2.40. The van der Waals surface area contributed by atoms with Crippen LogP contribution in [0.4, 0.5) is 5.69 Å². The van der Waals surface area contributed by atoms with Crippen LogP contribution < -0.4 is 10.1 Å². The monoisotopic (exact) mass is 404 g/mol.